The van der Waals surface area contributed by atoms with Crippen molar-refractivity contribution in [2.45, 2.75) is 36.5 Å². The molecule has 14 nitrogen and oxygen atoms in total. The lowest BCUT2D eigenvalue weighted by molar-refractivity contribution is -0.169. The van der Waals surface area contributed by atoms with Gasteiger partial charge in [0.05, 0.1) is 29.3 Å². The zero-order valence-corrected chi connectivity index (χ0v) is 29.5. The van der Waals surface area contributed by atoms with Crippen molar-refractivity contribution in [3.63, 3.8) is 0 Å². The zero-order valence-electron chi connectivity index (χ0n) is 28.7. The van der Waals surface area contributed by atoms with Gasteiger partial charge in [-0.2, -0.15) is 0 Å². The Morgan fingerprint density at radius 1 is 0.962 bits per heavy atom. The predicted molar refractivity (Wildman–Crippen MR) is 195 cm³/mol. The second-order valence-corrected chi connectivity index (χ2v) is 14.3. The number of alkyl carbamates (subject to hydrolysis) is 1. The number of aliphatic hydroxyl groups excluding tert-OH is 3. The molecule has 1 saturated carbocycles. The van der Waals surface area contributed by atoms with Crippen molar-refractivity contribution in [1.82, 2.24) is 10.2 Å². The van der Waals surface area contributed by atoms with Crippen molar-refractivity contribution in [3.8, 4) is 16.9 Å². The highest BCUT2D eigenvalue weighted by Crippen LogP contribution is 2.56. The second kappa shape index (κ2) is 12.8. The number of ketones is 2. The first kappa shape index (κ1) is 35.8. The molecule has 0 bridgehead atoms. The number of amides is 2. The van der Waals surface area contributed by atoms with Crippen LogP contribution in [-0.4, -0.2) is 97.6 Å². The number of likely N-dealkylation sites (N-methyl/N-ethyl adjacent to an activating group) is 1. The van der Waals surface area contributed by atoms with E-state index in [2.05, 4.69) is 10.6 Å². The van der Waals surface area contributed by atoms with Crippen molar-refractivity contribution >= 4 is 52.3 Å². The molecule has 2 amide bonds. The fourth-order valence-electron chi connectivity index (χ4n) is 8.60. The Kier molecular flexibility index (Phi) is 8.64. The lowest BCUT2D eigenvalue weighted by Crippen LogP contribution is -2.70. The number of anilines is 1. The minimum absolute atomic E-state index is 0.0231. The predicted octanol–water partition coefficient (Wildman–Crippen LogP) is 2.73. The molecular formula is C38H36N4O10S. The van der Waals surface area contributed by atoms with E-state index in [0.717, 1.165) is 22.3 Å². The standard InChI is InChI=1S/C38H36N4O10S/c1-15-16-12-13-22(40-36(53)41-37(50)52-14-21-19-10-6-4-8-17(19)18-9-5-7-11-20(18)21)29(43)24(16)30(44)25-23(15)31(45)27-28(42(2)3)32(46)26(35(39)49)34(48)38(27,51)33(25)47/h4-13,15,21,23,27-28,31,43-45,48,51H,14H2,1-3H3,(H2,39,49)(H2,40,41,50,53). The molecule has 274 valence electrons. The summed E-state index contributed by atoms with van der Waals surface area (Å²) in [6.45, 7) is 1.64. The highest BCUT2D eigenvalue weighted by Gasteiger charge is 2.68. The van der Waals surface area contributed by atoms with Gasteiger partial charge in [0.1, 0.15) is 29.4 Å². The number of primary amides is 1. The van der Waals surface area contributed by atoms with E-state index < -0.39 is 87.5 Å². The third-order valence-electron chi connectivity index (χ3n) is 10.9. The van der Waals surface area contributed by atoms with Gasteiger partial charge >= 0.3 is 6.09 Å². The van der Waals surface area contributed by atoms with Crippen LogP contribution in [-0.2, 0) is 19.1 Å². The average molecular weight is 741 g/mol. The number of hydrogen-bond acceptors (Lipinski definition) is 12. The Hall–Kier alpha value is -5.61. The van der Waals surface area contributed by atoms with E-state index in [4.69, 9.17) is 22.7 Å². The molecule has 0 spiro atoms. The summed E-state index contributed by atoms with van der Waals surface area (Å²) in [6.07, 6.45) is -2.59. The summed E-state index contributed by atoms with van der Waals surface area (Å²) in [5, 5.41) is 62.6. The van der Waals surface area contributed by atoms with Gasteiger partial charge in [-0.05, 0) is 66.1 Å². The number of thiocarbonyl (C=S) groups is 1. The lowest BCUT2D eigenvalue weighted by Gasteiger charge is -2.53. The summed E-state index contributed by atoms with van der Waals surface area (Å²) in [5.74, 6) is -10.3. The summed E-state index contributed by atoms with van der Waals surface area (Å²) in [5.41, 5.74) is 4.93. The van der Waals surface area contributed by atoms with Crippen molar-refractivity contribution in [1.29, 1.82) is 0 Å². The third kappa shape index (κ3) is 5.22. The first-order valence-electron chi connectivity index (χ1n) is 16.7. The number of nitrogens with two attached hydrogens (primary N) is 1. The van der Waals surface area contributed by atoms with Crippen LogP contribution in [0.4, 0.5) is 10.5 Å². The molecule has 0 radical (unpaired) electrons. The van der Waals surface area contributed by atoms with Crippen LogP contribution in [0.2, 0.25) is 0 Å². The van der Waals surface area contributed by atoms with Gasteiger partial charge in [-0.15, -0.1) is 0 Å². The molecule has 4 aliphatic carbocycles. The first-order valence-corrected chi connectivity index (χ1v) is 17.1. The fraction of sp³-hybridized carbons (Fsp3) is 0.289. The molecule has 53 heavy (non-hydrogen) atoms. The highest BCUT2D eigenvalue weighted by atomic mass is 32.1. The van der Waals surface area contributed by atoms with Crippen molar-refractivity contribution in [3.05, 3.63) is 99.8 Å². The maximum Gasteiger partial charge on any atom is 0.413 e. The molecule has 6 atom stereocenters. The maximum atomic E-state index is 14.2. The van der Waals surface area contributed by atoms with Gasteiger partial charge in [-0.1, -0.05) is 61.5 Å². The van der Waals surface area contributed by atoms with E-state index in [1.54, 1.807) is 6.92 Å². The van der Waals surface area contributed by atoms with Gasteiger partial charge in [0.15, 0.2) is 16.5 Å². The highest BCUT2D eigenvalue weighted by molar-refractivity contribution is 7.80. The molecule has 7 rings (SSSR count). The van der Waals surface area contributed by atoms with Crippen LogP contribution in [0.5, 0.6) is 5.75 Å². The zero-order chi connectivity index (χ0) is 38.3. The fourth-order valence-corrected chi connectivity index (χ4v) is 8.79. The van der Waals surface area contributed by atoms with Gasteiger partial charge < -0.3 is 41.3 Å². The quantitative estimate of drug-likeness (QED) is 0.107. The third-order valence-corrected chi connectivity index (χ3v) is 11.1. The molecule has 9 N–H and O–H groups in total. The van der Waals surface area contributed by atoms with Crippen LogP contribution in [0.25, 0.3) is 16.9 Å². The molecule has 3 aromatic carbocycles. The number of nitrogens with one attached hydrogen (secondary N) is 2. The average Bonchev–Trinajstić information content (AvgIpc) is 3.43. The minimum atomic E-state index is -3.04. The van der Waals surface area contributed by atoms with E-state index in [1.807, 2.05) is 48.5 Å². The van der Waals surface area contributed by atoms with Crippen LogP contribution in [0.3, 0.4) is 0 Å². The normalized spacial score (nSPS) is 26.0. The molecule has 6 unspecified atom stereocenters. The van der Waals surface area contributed by atoms with Crippen LogP contribution < -0.4 is 16.4 Å². The Labute approximate surface area is 308 Å². The van der Waals surface area contributed by atoms with E-state index >= 15 is 0 Å². The molecule has 0 aliphatic heterocycles. The van der Waals surface area contributed by atoms with Crippen LogP contribution in [0, 0.1) is 11.8 Å². The smallest absolute Gasteiger partial charge is 0.413 e. The van der Waals surface area contributed by atoms with E-state index in [1.165, 1.54) is 31.1 Å². The number of carbonyl (C=O) groups is 4. The summed E-state index contributed by atoms with van der Waals surface area (Å²) >= 11 is 5.32. The van der Waals surface area contributed by atoms with Crippen LogP contribution in [0.1, 0.15) is 41.0 Å². The van der Waals surface area contributed by atoms with E-state index in [0.29, 0.717) is 5.56 Å². The number of Topliss-reactive ketones (excluding diaryl/α,β-unsaturated/α-hetero) is 2. The molecule has 15 heteroatoms. The molecule has 1 fully saturated rings. The van der Waals surface area contributed by atoms with Crippen LogP contribution in [0.15, 0.2) is 77.6 Å². The Morgan fingerprint density at radius 3 is 2.15 bits per heavy atom. The van der Waals surface area contributed by atoms with Crippen LogP contribution >= 0.6 is 12.2 Å². The monoisotopic (exact) mass is 740 g/mol. The van der Waals surface area contributed by atoms with Gasteiger partial charge in [-0.25, -0.2) is 4.79 Å². The Bertz CT molecular complexity index is 2170. The number of hydrogen-bond donors (Lipinski definition) is 8. The van der Waals surface area contributed by atoms with Crippen molar-refractivity contribution in [2.24, 2.45) is 17.6 Å². The topological polar surface area (TPSA) is 232 Å². The number of aromatic hydroxyl groups is 1. The largest absolute Gasteiger partial charge is 0.508 e. The second-order valence-electron chi connectivity index (χ2n) is 13.9. The van der Waals surface area contributed by atoms with Gasteiger partial charge in [0.25, 0.3) is 5.91 Å². The molecule has 3 aromatic rings. The number of carbonyl (C=O) groups excluding carboxylic acids is 4. The van der Waals surface area contributed by atoms with Gasteiger partial charge in [0, 0.05) is 17.4 Å². The summed E-state index contributed by atoms with van der Waals surface area (Å²) < 4.78 is 5.54. The van der Waals surface area contributed by atoms with Gasteiger partial charge in [-0.3, -0.25) is 24.6 Å². The number of fused-ring (bicyclic) bond motifs is 6. The molecule has 0 heterocycles. The Balaban J connectivity index is 1.15. The number of ether oxygens (including phenoxy) is 1. The van der Waals surface area contributed by atoms with E-state index in [-0.39, 0.29) is 28.9 Å². The molecule has 0 aromatic heterocycles. The number of rotatable bonds is 5. The number of nitrogens with zero attached hydrogens (tertiary/aromatic N) is 1. The van der Waals surface area contributed by atoms with E-state index in [9.17, 15) is 44.7 Å². The summed E-state index contributed by atoms with van der Waals surface area (Å²) in [7, 11) is 2.87. The number of aliphatic hydroxyl groups is 4. The Morgan fingerprint density at radius 2 is 1.57 bits per heavy atom. The number of benzene rings is 3. The lowest BCUT2D eigenvalue weighted by atomic mass is 9.54. The summed E-state index contributed by atoms with van der Waals surface area (Å²) in [4.78, 5) is 54.0. The maximum absolute atomic E-state index is 14.2. The SMILES string of the molecule is CC1c2ccc(NC(=S)NC(=O)OCC3c4ccccc4-c4ccccc43)c(O)c2C(O)=C2C(=O)C3(O)C(O)=C(C(N)=O)C(=O)C(N(C)C)C3C(O)C21. The minimum Gasteiger partial charge on any atom is -0.508 e. The molecule has 4 aliphatic rings. The molecule has 0 saturated heterocycles. The van der Waals surface area contributed by atoms with Crippen molar-refractivity contribution in [2.75, 3.05) is 26.0 Å². The summed E-state index contributed by atoms with van der Waals surface area (Å²) in [6, 6.07) is 17.2. The number of phenolic OH excluding ortho intramolecular Hbond substituents is 1. The van der Waals surface area contributed by atoms with Gasteiger partial charge in [0.2, 0.25) is 5.78 Å². The number of phenols is 1. The molecular weight excluding hydrogens is 705 g/mol. The first-order chi connectivity index (χ1) is 25.1. The van der Waals surface area contributed by atoms with Crippen molar-refractivity contribution < 1.29 is 49.4 Å².